The maximum absolute atomic E-state index is 11.1. The third kappa shape index (κ3) is 9.87. The van der Waals surface area contributed by atoms with Crippen LogP contribution in [-0.2, 0) is 4.74 Å². The van der Waals surface area contributed by atoms with E-state index in [4.69, 9.17) is 0 Å². The Morgan fingerprint density at radius 2 is 1.82 bits per heavy atom. The molecular formula is C17H29BrN2O2. The fourth-order valence-corrected chi connectivity index (χ4v) is 2.43. The lowest BCUT2D eigenvalue weighted by molar-refractivity contribution is -0.508. The number of rotatable bonds is 9. The molecule has 0 atom stereocenters. The number of nitrogens with zero attached hydrogens (tertiary/aromatic N) is 2. The SMILES string of the molecule is CCCCCCCCCC[N+]1=CC=CC(=NC(=O)OC)C1.[Br-]. The number of methoxy groups -OCH3 is 1. The molecule has 0 aromatic heterocycles. The van der Waals surface area contributed by atoms with E-state index in [0.717, 1.165) is 12.3 Å². The standard InChI is InChI=1S/C17H29N2O2.BrH/c1-3-4-5-6-7-8-9-10-13-19-14-11-12-16(15-19)18-17(20)21-2;/h11-12,14H,3-10,13,15H2,1-2H3;1H/q+1;/p-1. The Morgan fingerprint density at radius 1 is 1.18 bits per heavy atom. The molecule has 4 nitrogen and oxygen atoms in total. The fourth-order valence-electron chi connectivity index (χ4n) is 2.43. The first kappa shape index (κ1) is 21.0. The van der Waals surface area contributed by atoms with E-state index in [1.165, 1.54) is 58.5 Å². The van der Waals surface area contributed by atoms with Gasteiger partial charge < -0.3 is 21.7 Å². The molecule has 1 heterocycles. The van der Waals surface area contributed by atoms with Gasteiger partial charge in [-0.1, -0.05) is 45.4 Å². The summed E-state index contributed by atoms with van der Waals surface area (Å²) in [6.07, 6.45) is 16.0. The summed E-state index contributed by atoms with van der Waals surface area (Å²) >= 11 is 0. The van der Waals surface area contributed by atoms with Crippen molar-refractivity contribution in [2.45, 2.75) is 58.3 Å². The molecule has 0 N–H and O–H groups in total. The van der Waals surface area contributed by atoms with Gasteiger partial charge in [0.15, 0.2) is 12.8 Å². The van der Waals surface area contributed by atoms with Gasteiger partial charge in [0, 0.05) is 12.5 Å². The van der Waals surface area contributed by atoms with Gasteiger partial charge in [-0.05, 0) is 12.5 Å². The van der Waals surface area contributed by atoms with E-state index < -0.39 is 6.09 Å². The molecule has 0 spiro atoms. The third-order valence-electron chi connectivity index (χ3n) is 3.66. The second-order valence-corrected chi connectivity index (χ2v) is 5.53. The Labute approximate surface area is 145 Å². The largest absolute Gasteiger partial charge is 1.00 e. The first-order valence-corrected chi connectivity index (χ1v) is 8.17. The maximum atomic E-state index is 11.1. The molecule has 0 radical (unpaired) electrons. The maximum Gasteiger partial charge on any atom is 0.433 e. The molecule has 0 aromatic carbocycles. The molecule has 0 saturated carbocycles. The molecule has 5 heteroatoms. The Morgan fingerprint density at radius 3 is 2.45 bits per heavy atom. The van der Waals surface area contributed by atoms with Crippen molar-refractivity contribution in [3.63, 3.8) is 0 Å². The van der Waals surface area contributed by atoms with E-state index >= 15 is 0 Å². The number of amides is 1. The minimum atomic E-state index is -0.524. The first-order chi connectivity index (χ1) is 10.3. The van der Waals surface area contributed by atoms with Crippen LogP contribution in [0.5, 0.6) is 0 Å². The molecule has 1 aliphatic heterocycles. The molecule has 0 saturated heterocycles. The van der Waals surface area contributed by atoms with Crippen LogP contribution in [0.1, 0.15) is 58.3 Å². The summed E-state index contributed by atoms with van der Waals surface area (Å²) in [7, 11) is 1.35. The average molecular weight is 373 g/mol. The monoisotopic (exact) mass is 372 g/mol. The Balaban J connectivity index is 0.00000441. The molecule has 0 unspecified atom stereocenters. The van der Waals surface area contributed by atoms with Crippen molar-refractivity contribution < 1.29 is 31.1 Å². The summed E-state index contributed by atoms with van der Waals surface area (Å²) in [6.45, 7) is 3.98. The Bertz CT molecular complexity index is 403. The highest BCUT2D eigenvalue weighted by molar-refractivity contribution is 6.04. The van der Waals surface area contributed by atoms with Gasteiger partial charge in [-0.2, -0.15) is 4.99 Å². The summed E-state index contributed by atoms with van der Waals surface area (Å²) in [5, 5.41) is 0. The highest BCUT2D eigenvalue weighted by atomic mass is 79.9. The zero-order valence-electron chi connectivity index (χ0n) is 13.9. The van der Waals surface area contributed by atoms with Gasteiger partial charge in [0.05, 0.1) is 7.11 Å². The number of hydrogen-bond acceptors (Lipinski definition) is 2. The van der Waals surface area contributed by atoms with Crippen LogP contribution in [0.2, 0.25) is 0 Å². The van der Waals surface area contributed by atoms with Crippen molar-refractivity contribution >= 4 is 18.0 Å². The van der Waals surface area contributed by atoms with E-state index in [1.54, 1.807) is 0 Å². The Kier molecular flexibility index (Phi) is 13.1. The van der Waals surface area contributed by atoms with Gasteiger partial charge in [-0.15, -0.1) is 0 Å². The smallest absolute Gasteiger partial charge is 0.433 e. The van der Waals surface area contributed by atoms with Crippen molar-refractivity contribution in [3.8, 4) is 0 Å². The van der Waals surface area contributed by atoms with E-state index in [2.05, 4.69) is 27.4 Å². The molecule has 0 aromatic rings. The summed E-state index contributed by atoms with van der Waals surface area (Å²) in [6, 6.07) is 0. The molecule has 0 fully saturated rings. The second-order valence-electron chi connectivity index (χ2n) is 5.53. The molecular weight excluding hydrogens is 344 g/mol. The molecule has 1 rings (SSSR count). The minimum Gasteiger partial charge on any atom is -1.00 e. The van der Waals surface area contributed by atoms with Crippen molar-refractivity contribution in [3.05, 3.63) is 12.2 Å². The van der Waals surface area contributed by atoms with Crippen molar-refractivity contribution in [1.29, 1.82) is 0 Å². The molecule has 126 valence electrons. The predicted octanol–water partition coefficient (Wildman–Crippen LogP) is 0.992. The number of aliphatic imine (C=N–C) groups is 1. The van der Waals surface area contributed by atoms with E-state index in [1.807, 2.05) is 12.2 Å². The van der Waals surface area contributed by atoms with Gasteiger partial charge in [0.25, 0.3) is 0 Å². The summed E-state index contributed by atoms with van der Waals surface area (Å²) in [5.74, 6) is 0. The highest BCUT2D eigenvalue weighted by Crippen LogP contribution is 2.08. The lowest BCUT2D eigenvalue weighted by Crippen LogP contribution is -3.00. The number of carbonyl (C=O) groups excluding carboxylic acids is 1. The fraction of sp³-hybridized carbons (Fsp3) is 0.706. The number of halogens is 1. The normalized spacial score (nSPS) is 15.4. The molecule has 22 heavy (non-hydrogen) atoms. The topological polar surface area (TPSA) is 41.7 Å². The third-order valence-corrected chi connectivity index (χ3v) is 3.66. The molecule has 1 aliphatic rings. The lowest BCUT2D eigenvalue weighted by atomic mass is 10.1. The van der Waals surface area contributed by atoms with E-state index in [-0.39, 0.29) is 17.0 Å². The zero-order chi connectivity index (χ0) is 15.3. The molecule has 0 bridgehead atoms. The van der Waals surface area contributed by atoms with Gasteiger partial charge in [0.2, 0.25) is 0 Å². The number of hydrogen-bond donors (Lipinski definition) is 0. The molecule has 1 amide bonds. The van der Waals surface area contributed by atoms with Crippen LogP contribution in [0.15, 0.2) is 17.1 Å². The average Bonchev–Trinajstić information content (AvgIpc) is 2.50. The first-order valence-electron chi connectivity index (χ1n) is 8.17. The second kappa shape index (κ2) is 13.7. The van der Waals surface area contributed by atoms with Crippen LogP contribution in [0.3, 0.4) is 0 Å². The summed E-state index contributed by atoms with van der Waals surface area (Å²) in [5.41, 5.74) is 0.768. The molecule has 0 aliphatic carbocycles. The Hall–Kier alpha value is -0.970. The van der Waals surface area contributed by atoms with Crippen molar-refractivity contribution in [1.82, 2.24) is 0 Å². The van der Waals surface area contributed by atoms with Crippen LogP contribution in [-0.4, -0.2) is 42.8 Å². The van der Waals surface area contributed by atoms with Crippen LogP contribution in [0, 0.1) is 0 Å². The zero-order valence-corrected chi connectivity index (χ0v) is 15.5. The van der Waals surface area contributed by atoms with Crippen LogP contribution < -0.4 is 17.0 Å². The summed E-state index contributed by atoms with van der Waals surface area (Å²) < 4.78 is 6.76. The number of unbranched alkanes of at least 4 members (excludes halogenated alkanes) is 7. The quantitative estimate of drug-likeness (QED) is 0.447. The summed E-state index contributed by atoms with van der Waals surface area (Å²) in [4.78, 5) is 15.0. The van der Waals surface area contributed by atoms with Crippen molar-refractivity contribution in [2.24, 2.45) is 4.99 Å². The van der Waals surface area contributed by atoms with E-state index in [9.17, 15) is 4.79 Å². The minimum absolute atomic E-state index is 0. The number of ether oxygens (including phenoxy) is 1. The van der Waals surface area contributed by atoms with Gasteiger partial charge >= 0.3 is 6.09 Å². The number of allylic oxidation sites excluding steroid dienone is 1. The number of carbonyl (C=O) groups is 1. The highest BCUT2D eigenvalue weighted by Gasteiger charge is 2.12. The van der Waals surface area contributed by atoms with Crippen LogP contribution in [0.4, 0.5) is 4.79 Å². The van der Waals surface area contributed by atoms with Crippen LogP contribution in [0.25, 0.3) is 0 Å². The lowest BCUT2D eigenvalue weighted by Gasteiger charge is -2.07. The van der Waals surface area contributed by atoms with Crippen molar-refractivity contribution in [2.75, 3.05) is 20.2 Å². The van der Waals surface area contributed by atoms with E-state index in [0.29, 0.717) is 6.54 Å². The van der Waals surface area contributed by atoms with Crippen LogP contribution >= 0.6 is 0 Å². The van der Waals surface area contributed by atoms with Gasteiger partial charge in [-0.25, -0.2) is 9.37 Å². The predicted molar refractivity (Wildman–Crippen MR) is 87.6 cm³/mol. The van der Waals surface area contributed by atoms with Gasteiger partial charge in [0.1, 0.15) is 12.3 Å². The van der Waals surface area contributed by atoms with Gasteiger partial charge in [-0.3, -0.25) is 0 Å².